The lowest BCUT2D eigenvalue weighted by Gasteiger charge is -2.34. The molecule has 2 rings (SSSR count). The second kappa shape index (κ2) is 6.19. The number of benzene rings is 1. The molecule has 1 aliphatic rings. The SMILES string of the molecule is CNC(=O)C1CCCN(c2cc(Br)ccc2C=O)C1. The molecular formula is C14H17BrN2O2. The van der Waals surface area contributed by atoms with E-state index in [0.29, 0.717) is 12.1 Å². The maximum Gasteiger partial charge on any atom is 0.224 e. The molecule has 1 saturated heterocycles. The number of aldehydes is 1. The van der Waals surface area contributed by atoms with Gasteiger partial charge in [0.2, 0.25) is 5.91 Å². The molecule has 1 unspecified atom stereocenters. The van der Waals surface area contributed by atoms with Crippen LogP contribution in [-0.2, 0) is 4.79 Å². The van der Waals surface area contributed by atoms with Gasteiger partial charge in [-0.15, -0.1) is 0 Å². The number of anilines is 1. The summed E-state index contributed by atoms with van der Waals surface area (Å²) in [5, 5.41) is 2.70. The van der Waals surface area contributed by atoms with E-state index in [1.807, 2.05) is 12.1 Å². The van der Waals surface area contributed by atoms with E-state index in [2.05, 4.69) is 26.1 Å². The molecule has 1 fully saturated rings. The first-order valence-electron chi connectivity index (χ1n) is 6.37. The van der Waals surface area contributed by atoms with Crippen LogP contribution in [0.2, 0.25) is 0 Å². The fourth-order valence-corrected chi connectivity index (χ4v) is 2.85. The van der Waals surface area contributed by atoms with Crippen LogP contribution in [-0.4, -0.2) is 32.3 Å². The Kier molecular flexibility index (Phi) is 4.58. The molecule has 1 aromatic rings. The van der Waals surface area contributed by atoms with Gasteiger partial charge in [-0.05, 0) is 31.0 Å². The lowest BCUT2D eigenvalue weighted by atomic mass is 9.96. The van der Waals surface area contributed by atoms with Gasteiger partial charge in [-0.2, -0.15) is 0 Å². The fourth-order valence-electron chi connectivity index (χ4n) is 2.50. The molecule has 4 nitrogen and oxygen atoms in total. The molecule has 0 spiro atoms. The molecular weight excluding hydrogens is 308 g/mol. The lowest BCUT2D eigenvalue weighted by molar-refractivity contribution is -0.124. The molecule has 0 aliphatic carbocycles. The summed E-state index contributed by atoms with van der Waals surface area (Å²) in [6.07, 6.45) is 2.73. The zero-order valence-corrected chi connectivity index (χ0v) is 12.4. The minimum absolute atomic E-state index is 0.00256. The summed E-state index contributed by atoms with van der Waals surface area (Å²) in [6.45, 7) is 1.54. The van der Waals surface area contributed by atoms with Crippen molar-refractivity contribution in [1.82, 2.24) is 5.32 Å². The zero-order chi connectivity index (χ0) is 13.8. The van der Waals surface area contributed by atoms with Gasteiger partial charge in [0.1, 0.15) is 0 Å². The third kappa shape index (κ3) is 3.15. The zero-order valence-electron chi connectivity index (χ0n) is 10.9. The number of hydrogen-bond donors (Lipinski definition) is 1. The van der Waals surface area contributed by atoms with Crippen molar-refractivity contribution in [2.75, 3.05) is 25.0 Å². The van der Waals surface area contributed by atoms with Crippen LogP contribution in [0.3, 0.4) is 0 Å². The molecule has 0 aromatic heterocycles. The Morgan fingerprint density at radius 3 is 3.00 bits per heavy atom. The van der Waals surface area contributed by atoms with Crippen LogP contribution in [0.4, 0.5) is 5.69 Å². The van der Waals surface area contributed by atoms with Gasteiger partial charge in [0.15, 0.2) is 6.29 Å². The smallest absolute Gasteiger partial charge is 0.224 e. The van der Waals surface area contributed by atoms with Crippen molar-refractivity contribution in [2.45, 2.75) is 12.8 Å². The van der Waals surface area contributed by atoms with Gasteiger partial charge in [0.25, 0.3) is 0 Å². The molecule has 1 amide bonds. The highest BCUT2D eigenvalue weighted by atomic mass is 79.9. The van der Waals surface area contributed by atoms with E-state index in [1.165, 1.54) is 0 Å². The highest BCUT2D eigenvalue weighted by molar-refractivity contribution is 9.10. The predicted molar refractivity (Wildman–Crippen MR) is 78.5 cm³/mol. The summed E-state index contributed by atoms with van der Waals surface area (Å²) in [5.41, 5.74) is 1.57. The number of rotatable bonds is 3. The monoisotopic (exact) mass is 324 g/mol. The van der Waals surface area contributed by atoms with Gasteiger partial charge in [-0.3, -0.25) is 9.59 Å². The quantitative estimate of drug-likeness (QED) is 0.867. The topological polar surface area (TPSA) is 49.4 Å². The number of piperidine rings is 1. The Morgan fingerprint density at radius 1 is 1.53 bits per heavy atom. The van der Waals surface area contributed by atoms with Crippen molar-refractivity contribution >= 4 is 33.8 Å². The molecule has 1 atom stereocenters. The Morgan fingerprint density at radius 2 is 2.32 bits per heavy atom. The van der Waals surface area contributed by atoms with Crippen LogP contribution in [0, 0.1) is 5.92 Å². The number of hydrogen-bond acceptors (Lipinski definition) is 3. The van der Waals surface area contributed by atoms with Crippen LogP contribution in [0.1, 0.15) is 23.2 Å². The summed E-state index contributed by atoms with van der Waals surface area (Å²) in [4.78, 5) is 25.0. The molecule has 0 bridgehead atoms. The van der Waals surface area contributed by atoms with E-state index in [-0.39, 0.29) is 11.8 Å². The van der Waals surface area contributed by atoms with Crippen LogP contribution in [0.25, 0.3) is 0 Å². The number of nitrogens with one attached hydrogen (secondary N) is 1. The van der Waals surface area contributed by atoms with Crippen LogP contribution < -0.4 is 10.2 Å². The van der Waals surface area contributed by atoms with E-state index in [4.69, 9.17) is 0 Å². The van der Waals surface area contributed by atoms with Crippen molar-refractivity contribution in [2.24, 2.45) is 5.92 Å². The molecule has 19 heavy (non-hydrogen) atoms. The van der Waals surface area contributed by atoms with Gasteiger partial charge >= 0.3 is 0 Å². The Balaban J connectivity index is 2.23. The van der Waals surface area contributed by atoms with Gasteiger partial charge in [0, 0.05) is 35.9 Å². The molecule has 5 heteroatoms. The lowest BCUT2D eigenvalue weighted by Crippen LogP contribution is -2.42. The maximum absolute atomic E-state index is 11.7. The molecule has 1 heterocycles. The largest absolute Gasteiger partial charge is 0.370 e. The van der Waals surface area contributed by atoms with Crippen LogP contribution in [0.5, 0.6) is 0 Å². The highest BCUT2D eigenvalue weighted by Crippen LogP contribution is 2.28. The highest BCUT2D eigenvalue weighted by Gasteiger charge is 2.26. The van der Waals surface area contributed by atoms with E-state index < -0.39 is 0 Å². The number of carbonyl (C=O) groups is 2. The number of nitrogens with zero attached hydrogens (tertiary/aromatic N) is 1. The second-order valence-corrected chi connectivity index (χ2v) is 5.64. The molecule has 0 radical (unpaired) electrons. The number of halogens is 1. The summed E-state index contributed by atoms with van der Waals surface area (Å²) < 4.78 is 0.940. The van der Waals surface area contributed by atoms with Crippen LogP contribution >= 0.6 is 15.9 Å². The molecule has 1 aromatic carbocycles. The first-order valence-corrected chi connectivity index (χ1v) is 7.16. The average molecular weight is 325 g/mol. The van der Waals surface area contributed by atoms with Crippen molar-refractivity contribution < 1.29 is 9.59 Å². The van der Waals surface area contributed by atoms with Gasteiger partial charge in [-0.1, -0.05) is 15.9 Å². The van der Waals surface area contributed by atoms with E-state index >= 15 is 0 Å². The first kappa shape index (κ1) is 14.1. The standard InChI is InChI=1S/C14H17BrN2O2/c1-16-14(19)10-3-2-6-17(8-10)13-7-12(15)5-4-11(13)9-18/h4-5,7,9-10H,2-3,6,8H2,1H3,(H,16,19). The summed E-state index contributed by atoms with van der Waals surface area (Å²) >= 11 is 3.43. The van der Waals surface area contributed by atoms with Crippen LogP contribution in [0.15, 0.2) is 22.7 Å². The Hall–Kier alpha value is -1.36. The van der Waals surface area contributed by atoms with Gasteiger partial charge in [-0.25, -0.2) is 0 Å². The molecule has 102 valence electrons. The third-order valence-corrected chi connectivity index (χ3v) is 3.99. The normalized spacial score (nSPS) is 19.1. The van der Waals surface area contributed by atoms with Crippen molar-refractivity contribution in [3.63, 3.8) is 0 Å². The number of carbonyl (C=O) groups excluding carboxylic acids is 2. The Bertz CT molecular complexity index is 490. The fraction of sp³-hybridized carbons (Fsp3) is 0.429. The summed E-state index contributed by atoms with van der Waals surface area (Å²) in [6, 6.07) is 5.60. The second-order valence-electron chi connectivity index (χ2n) is 4.72. The third-order valence-electron chi connectivity index (χ3n) is 3.50. The minimum Gasteiger partial charge on any atom is -0.370 e. The van der Waals surface area contributed by atoms with E-state index in [1.54, 1.807) is 13.1 Å². The van der Waals surface area contributed by atoms with Crippen molar-refractivity contribution in [3.8, 4) is 0 Å². The summed E-state index contributed by atoms with van der Waals surface area (Å²) in [5.74, 6) is 0.0737. The number of amides is 1. The van der Waals surface area contributed by atoms with E-state index in [0.717, 1.165) is 35.8 Å². The summed E-state index contributed by atoms with van der Waals surface area (Å²) in [7, 11) is 1.66. The van der Waals surface area contributed by atoms with Gasteiger partial charge < -0.3 is 10.2 Å². The van der Waals surface area contributed by atoms with Crippen molar-refractivity contribution in [3.05, 3.63) is 28.2 Å². The van der Waals surface area contributed by atoms with E-state index in [9.17, 15) is 9.59 Å². The van der Waals surface area contributed by atoms with Crippen molar-refractivity contribution in [1.29, 1.82) is 0 Å². The van der Waals surface area contributed by atoms with Gasteiger partial charge in [0.05, 0.1) is 5.92 Å². The predicted octanol–water partition coefficient (Wildman–Crippen LogP) is 2.22. The first-order chi connectivity index (χ1) is 9.15. The minimum atomic E-state index is -0.00256. The average Bonchev–Trinajstić information content (AvgIpc) is 2.46. The molecule has 1 N–H and O–H groups in total. The molecule has 1 aliphatic heterocycles. The Labute approximate surface area is 121 Å². The maximum atomic E-state index is 11.7. The molecule has 0 saturated carbocycles.